The fourth-order valence-corrected chi connectivity index (χ4v) is 1.75. The van der Waals surface area contributed by atoms with Crippen LogP contribution in [0.5, 0.6) is 0 Å². The van der Waals surface area contributed by atoms with E-state index in [1.807, 2.05) is 38.1 Å². The Bertz CT molecular complexity index is 446. The van der Waals surface area contributed by atoms with Gasteiger partial charge in [-0.3, -0.25) is 4.79 Å². The van der Waals surface area contributed by atoms with Crippen LogP contribution in [0.15, 0.2) is 24.3 Å². The van der Waals surface area contributed by atoms with Gasteiger partial charge in [0.15, 0.2) is 0 Å². The van der Waals surface area contributed by atoms with E-state index >= 15 is 0 Å². The molecule has 0 unspecified atom stereocenters. The van der Waals surface area contributed by atoms with Crippen molar-refractivity contribution in [2.75, 3.05) is 18.4 Å². The smallest absolute Gasteiger partial charge is 0.319 e. The molecule has 3 amide bonds. The second-order valence-corrected chi connectivity index (χ2v) is 4.22. The number of benzene rings is 1. The molecule has 104 valence electrons. The minimum atomic E-state index is -0.224. The molecule has 0 heterocycles. The van der Waals surface area contributed by atoms with Crippen LogP contribution in [0.4, 0.5) is 10.5 Å². The van der Waals surface area contributed by atoms with Crippen molar-refractivity contribution in [2.24, 2.45) is 0 Å². The van der Waals surface area contributed by atoms with Gasteiger partial charge in [0, 0.05) is 32.2 Å². The first-order chi connectivity index (χ1) is 9.06. The van der Waals surface area contributed by atoms with Gasteiger partial charge >= 0.3 is 6.03 Å². The quantitative estimate of drug-likeness (QED) is 0.855. The van der Waals surface area contributed by atoms with Crippen molar-refractivity contribution in [3.8, 4) is 0 Å². The van der Waals surface area contributed by atoms with Gasteiger partial charge < -0.3 is 15.5 Å². The molecule has 0 spiro atoms. The number of rotatable bonds is 5. The highest BCUT2D eigenvalue weighted by Crippen LogP contribution is 2.12. The summed E-state index contributed by atoms with van der Waals surface area (Å²) in [5.74, 6) is 0.0459. The number of carbonyl (C=O) groups is 2. The fraction of sp³-hybridized carbons (Fsp3) is 0.429. The number of nitrogens with zero attached hydrogens (tertiary/aromatic N) is 1. The van der Waals surface area contributed by atoms with Crippen molar-refractivity contribution >= 4 is 17.6 Å². The first-order valence-corrected chi connectivity index (χ1v) is 6.46. The van der Waals surface area contributed by atoms with E-state index in [2.05, 4.69) is 10.6 Å². The minimum Gasteiger partial charge on any atom is -0.339 e. The van der Waals surface area contributed by atoms with Crippen molar-refractivity contribution in [3.63, 3.8) is 0 Å². The summed E-state index contributed by atoms with van der Waals surface area (Å²) in [7, 11) is 0. The molecule has 0 aliphatic heterocycles. The first-order valence-electron chi connectivity index (χ1n) is 6.46. The Kier molecular flexibility index (Phi) is 5.85. The molecule has 19 heavy (non-hydrogen) atoms. The van der Waals surface area contributed by atoms with Gasteiger partial charge in [-0.05, 0) is 31.5 Å². The summed E-state index contributed by atoms with van der Waals surface area (Å²) in [5, 5.41) is 5.42. The molecule has 1 aromatic carbocycles. The Hall–Kier alpha value is -2.04. The molecular formula is C14H21N3O2. The maximum absolute atomic E-state index is 11.4. The number of amides is 3. The van der Waals surface area contributed by atoms with Gasteiger partial charge in [-0.1, -0.05) is 12.1 Å². The molecule has 0 saturated heterocycles. The van der Waals surface area contributed by atoms with Crippen LogP contribution in [-0.4, -0.2) is 29.9 Å². The molecule has 0 aliphatic rings. The van der Waals surface area contributed by atoms with Crippen LogP contribution in [0.3, 0.4) is 0 Å². The molecule has 0 radical (unpaired) electrons. The summed E-state index contributed by atoms with van der Waals surface area (Å²) in [5.41, 5.74) is 1.72. The van der Waals surface area contributed by atoms with Gasteiger partial charge in [0.05, 0.1) is 0 Å². The standard InChI is InChI=1S/C14H21N3O2/c1-4-15-14(19)16-13-8-6-7-12(9-13)10-17(5-2)11(3)18/h6-9H,4-5,10H2,1-3H3,(H2,15,16,19). The van der Waals surface area contributed by atoms with Gasteiger partial charge in [0.25, 0.3) is 0 Å². The summed E-state index contributed by atoms with van der Waals surface area (Å²) >= 11 is 0. The largest absolute Gasteiger partial charge is 0.339 e. The maximum Gasteiger partial charge on any atom is 0.319 e. The van der Waals surface area contributed by atoms with E-state index < -0.39 is 0 Å². The Morgan fingerprint density at radius 2 is 2.00 bits per heavy atom. The summed E-state index contributed by atoms with van der Waals surface area (Å²) in [6.45, 7) is 7.17. The van der Waals surface area contributed by atoms with E-state index in [1.54, 1.807) is 11.8 Å². The molecule has 0 aliphatic carbocycles. The third kappa shape index (κ3) is 4.99. The molecule has 0 aromatic heterocycles. The topological polar surface area (TPSA) is 61.4 Å². The van der Waals surface area contributed by atoms with Crippen LogP contribution in [0.2, 0.25) is 0 Å². The van der Waals surface area contributed by atoms with E-state index in [9.17, 15) is 9.59 Å². The number of nitrogens with one attached hydrogen (secondary N) is 2. The summed E-state index contributed by atoms with van der Waals surface area (Å²) < 4.78 is 0. The second kappa shape index (κ2) is 7.41. The zero-order valence-electron chi connectivity index (χ0n) is 11.7. The molecule has 2 N–H and O–H groups in total. The van der Waals surface area contributed by atoms with Gasteiger partial charge in [-0.25, -0.2) is 4.79 Å². The van der Waals surface area contributed by atoms with Gasteiger partial charge in [0.1, 0.15) is 0 Å². The van der Waals surface area contributed by atoms with Gasteiger partial charge in [0.2, 0.25) is 5.91 Å². The van der Waals surface area contributed by atoms with Crippen LogP contribution < -0.4 is 10.6 Å². The normalized spacial score (nSPS) is 9.84. The summed E-state index contributed by atoms with van der Waals surface area (Å²) in [6.07, 6.45) is 0. The first kappa shape index (κ1) is 15.0. The summed E-state index contributed by atoms with van der Waals surface area (Å²) in [6, 6.07) is 7.28. The van der Waals surface area contributed by atoms with Crippen LogP contribution in [0.1, 0.15) is 26.3 Å². The van der Waals surface area contributed by atoms with E-state index in [0.29, 0.717) is 19.6 Å². The number of hydrogen-bond acceptors (Lipinski definition) is 2. The predicted molar refractivity (Wildman–Crippen MR) is 75.9 cm³/mol. The third-order valence-corrected chi connectivity index (χ3v) is 2.72. The van der Waals surface area contributed by atoms with Crippen LogP contribution >= 0.6 is 0 Å². The van der Waals surface area contributed by atoms with E-state index in [4.69, 9.17) is 0 Å². The zero-order chi connectivity index (χ0) is 14.3. The highest BCUT2D eigenvalue weighted by molar-refractivity contribution is 5.89. The lowest BCUT2D eigenvalue weighted by Crippen LogP contribution is -2.29. The number of urea groups is 1. The number of hydrogen-bond donors (Lipinski definition) is 2. The van der Waals surface area contributed by atoms with E-state index in [1.165, 1.54) is 0 Å². The zero-order valence-corrected chi connectivity index (χ0v) is 11.7. The van der Waals surface area contributed by atoms with Crippen molar-refractivity contribution in [1.29, 1.82) is 0 Å². The highest BCUT2D eigenvalue weighted by Gasteiger charge is 2.07. The number of carbonyl (C=O) groups excluding carboxylic acids is 2. The van der Waals surface area contributed by atoms with Crippen molar-refractivity contribution in [3.05, 3.63) is 29.8 Å². The second-order valence-electron chi connectivity index (χ2n) is 4.22. The van der Waals surface area contributed by atoms with Crippen LogP contribution in [0, 0.1) is 0 Å². The Labute approximate surface area is 114 Å². The molecular weight excluding hydrogens is 242 g/mol. The minimum absolute atomic E-state index is 0.0459. The fourth-order valence-electron chi connectivity index (χ4n) is 1.75. The lowest BCUT2D eigenvalue weighted by molar-refractivity contribution is -0.129. The average molecular weight is 263 g/mol. The lowest BCUT2D eigenvalue weighted by Gasteiger charge is -2.19. The Morgan fingerprint density at radius 3 is 2.58 bits per heavy atom. The molecule has 0 bridgehead atoms. The van der Waals surface area contributed by atoms with E-state index in [0.717, 1.165) is 11.3 Å². The Balaban J connectivity index is 2.71. The molecule has 5 heteroatoms. The van der Waals surface area contributed by atoms with Gasteiger partial charge in [-0.15, -0.1) is 0 Å². The highest BCUT2D eigenvalue weighted by atomic mass is 16.2. The molecule has 0 atom stereocenters. The molecule has 0 fully saturated rings. The average Bonchev–Trinajstić information content (AvgIpc) is 2.36. The van der Waals surface area contributed by atoms with Gasteiger partial charge in [-0.2, -0.15) is 0 Å². The third-order valence-electron chi connectivity index (χ3n) is 2.72. The monoisotopic (exact) mass is 263 g/mol. The molecule has 5 nitrogen and oxygen atoms in total. The van der Waals surface area contributed by atoms with Crippen molar-refractivity contribution < 1.29 is 9.59 Å². The summed E-state index contributed by atoms with van der Waals surface area (Å²) in [4.78, 5) is 24.5. The maximum atomic E-state index is 11.4. The predicted octanol–water partition coefficient (Wildman–Crippen LogP) is 2.20. The van der Waals surface area contributed by atoms with Crippen molar-refractivity contribution in [2.45, 2.75) is 27.3 Å². The van der Waals surface area contributed by atoms with E-state index in [-0.39, 0.29) is 11.9 Å². The van der Waals surface area contributed by atoms with Crippen LogP contribution in [-0.2, 0) is 11.3 Å². The number of anilines is 1. The SMILES string of the molecule is CCNC(=O)Nc1cccc(CN(CC)C(C)=O)c1. The molecule has 1 aromatic rings. The van der Waals surface area contributed by atoms with Crippen LogP contribution in [0.25, 0.3) is 0 Å². The lowest BCUT2D eigenvalue weighted by atomic mass is 10.2. The molecule has 1 rings (SSSR count). The van der Waals surface area contributed by atoms with Crippen molar-refractivity contribution in [1.82, 2.24) is 10.2 Å². The Morgan fingerprint density at radius 1 is 1.26 bits per heavy atom. The molecule has 0 saturated carbocycles.